The molecule has 2 atom stereocenters. The Hall–Kier alpha value is -1.75. The van der Waals surface area contributed by atoms with Crippen molar-refractivity contribution in [3.05, 3.63) is 81.5 Å². The maximum atomic E-state index is 13.2. The Morgan fingerprint density at radius 3 is 2.58 bits per heavy atom. The molecule has 0 aliphatic carbocycles. The summed E-state index contributed by atoms with van der Waals surface area (Å²) in [5.41, 5.74) is 2.76. The van der Waals surface area contributed by atoms with Gasteiger partial charge in [-0.05, 0) is 41.3 Å². The van der Waals surface area contributed by atoms with Gasteiger partial charge in [0.1, 0.15) is 0 Å². The number of thiophene rings is 1. The van der Waals surface area contributed by atoms with E-state index >= 15 is 0 Å². The summed E-state index contributed by atoms with van der Waals surface area (Å²) in [6.45, 7) is 0. The van der Waals surface area contributed by atoms with Crippen molar-refractivity contribution in [2.24, 2.45) is 4.99 Å². The molecule has 3 aromatic rings. The first-order chi connectivity index (χ1) is 11.7. The summed E-state index contributed by atoms with van der Waals surface area (Å²) in [5.74, 6) is 0. The molecule has 0 N–H and O–H groups in total. The van der Waals surface area contributed by atoms with Gasteiger partial charge >= 0.3 is 0 Å². The lowest BCUT2D eigenvalue weighted by atomic mass is 10.0. The average molecular weight is 372 g/mol. The molecule has 1 aliphatic heterocycles. The van der Waals surface area contributed by atoms with Crippen LogP contribution in [0.15, 0.2) is 75.9 Å². The zero-order valence-electron chi connectivity index (χ0n) is 12.7. The van der Waals surface area contributed by atoms with E-state index in [0.717, 1.165) is 26.7 Å². The van der Waals surface area contributed by atoms with Crippen molar-refractivity contribution < 1.29 is 4.21 Å². The van der Waals surface area contributed by atoms with Crippen LogP contribution < -0.4 is 0 Å². The molecule has 5 heteroatoms. The lowest BCUT2D eigenvalue weighted by Crippen LogP contribution is -2.10. The Labute approximate surface area is 152 Å². The van der Waals surface area contributed by atoms with Crippen LogP contribution >= 0.6 is 22.9 Å². The van der Waals surface area contributed by atoms with E-state index in [1.165, 1.54) is 0 Å². The van der Waals surface area contributed by atoms with Crippen molar-refractivity contribution >= 4 is 45.1 Å². The van der Waals surface area contributed by atoms with Gasteiger partial charge in [-0.2, -0.15) is 0 Å². The standard InChI is InChI=1S/C19H14ClNOS2/c20-14-9-7-13(8-10-14)16-12-19(17-5-3-11-23-17)24(22)18-6-2-1-4-15(18)21-16/h1-11,19H,12H2/t19-,24-/m1/s1. The molecule has 0 amide bonds. The number of halogens is 1. The van der Waals surface area contributed by atoms with Gasteiger partial charge in [-0.3, -0.25) is 9.20 Å². The van der Waals surface area contributed by atoms with Crippen molar-refractivity contribution in [1.29, 1.82) is 0 Å². The van der Waals surface area contributed by atoms with E-state index in [1.54, 1.807) is 11.3 Å². The van der Waals surface area contributed by atoms with Crippen molar-refractivity contribution in [3.63, 3.8) is 0 Å². The molecule has 0 fully saturated rings. The molecule has 4 rings (SSSR count). The van der Waals surface area contributed by atoms with E-state index < -0.39 is 10.8 Å². The van der Waals surface area contributed by atoms with Crippen LogP contribution in [0.25, 0.3) is 0 Å². The third-order valence-corrected chi connectivity index (χ3v) is 7.12. The van der Waals surface area contributed by atoms with Crippen LogP contribution in [-0.4, -0.2) is 9.92 Å². The molecule has 2 heterocycles. The van der Waals surface area contributed by atoms with Gasteiger partial charge in [-0.1, -0.05) is 41.9 Å². The summed E-state index contributed by atoms with van der Waals surface area (Å²) >= 11 is 7.66. The van der Waals surface area contributed by atoms with Crippen LogP contribution in [-0.2, 0) is 10.8 Å². The molecule has 120 valence electrons. The van der Waals surface area contributed by atoms with Crippen LogP contribution in [0.5, 0.6) is 0 Å². The minimum atomic E-state index is -1.13. The van der Waals surface area contributed by atoms with E-state index in [9.17, 15) is 4.21 Å². The number of aliphatic imine (C=N–C) groups is 1. The van der Waals surface area contributed by atoms with Gasteiger partial charge in [0.15, 0.2) is 0 Å². The monoisotopic (exact) mass is 371 g/mol. The maximum absolute atomic E-state index is 13.2. The Balaban J connectivity index is 1.86. The van der Waals surface area contributed by atoms with E-state index in [1.807, 2.05) is 60.0 Å². The first kappa shape index (κ1) is 15.8. The second kappa shape index (κ2) is 6.63. The molecule has 24 heavy (non-hydrogen) atoms. The smallest absolute Gasteiger partial charge is 0.0794 e. The first-order valence-corrected chi connectivity index (χ1v) is 10.1. The fraction of sp³-hybridized carbons (Fsp3) is 0.105. The van der Waals surface area contributed by atoms with E-state index in [0.29, 0.717) is 11.4 Å². The third-order valence-electron chi connectivity index (χ3n) is 4.01. The van der Waals surface area contributed by atoms with Gasteiger partial charge in [0, 0.05) is 22.0 Å². The zero-order chi connectivity index (χ0) is 16.5. The van der Waals surface area contributed by atoms with Gasteiger partial charge in [-0.15, -0.1) is 11.3 Å². The number of benzene rings is 2. The fourth-order valence-corrected chi connectivity index (χ4v) is 5.52. The quantitative estimate of drug-likeness (QED) is 0.561. The highest BCUT2D eigenvalue weighted by molar-refractivity contribution is 7.85. The highest BCUT2D eigenvalue weighted by Gasteiger charge is 2.28. The first-order valence-electron chi connectivity index (χ1n) is 7.59. The summed E-state index contributed by atoms with van der Waals surface area (Å²) in [5, 5.41) is 2.65. The predicted octanol–water partition coefficient (Wildman–Crippen LogP) is 5.77. The molecule has 0 spiro atoms. The molecule has 2 aromatic carbocycles. The van der Waals surface area contributed by atoms with Crippen LogP contribution in [0.1, 0.15) is 22.1 Å². The molecule has 0 saturated carbocycles. The van der Waals surface area contributed by atoms with Gasteiger partial charge in [0.25, 0.3) is 0 Å². The highest BCUT2D eigenvalue weighted by Crippen LogP contribution is 2.39. The molecular formula is C19H14ClNOS2. The Bertz CT molecular complexity index is 917. The highest BCUT2D eigenvalue weighted by atomic mass is 35.5. The number of hydrogen-bond acceptors (Lipinski definition) is 3. The number of hydrogen-bond donors (Lipinski definition) is 0. The summed E-state index contributed by atoms with van der Waals surface area (Å²) < 4.78 is 13.2. The maximum Gasteiger partial charge on any atom is 0.0794 e. The number of nitrogens with zero attached hydrogens (tertiary/aromatic N) is 1. The summed E-state index contributed by atoms with van der Waals surface area (Å²) in [7, 11) is -1.13. The molecule has 0 saturated heterocycles. The lowest BCUT2D eigenvalue weighted by molar-refractivity contribution is 0.675. The second-order valence-corrected chi connectivity index (χ2v) is 8.56. The fourth-order valence-electron chi connectivity index (χ4n) is 2.82. The van der Waals surface area contributed by atoms with E-state index in [-0.39, 0.29) is 5.25 Å². The second-order valence-electron chi connectivity index (χ2n) is 5.54. The average Bonchev–Trinajstić information content (AvgIpc) is 3.09. The lowest BCUT2D eigenvalue weighted by Gasteiger charge is -2.14. The molecule has 0 bridgehead atoms. The Kier molecular flexibility index (Phi) is 4.35. The molecule has 0 radical (unpaired) electrons. The van der Waals surface area contributed by atoms with Crippen LogP contribution in [0.4, 0.5) is 5.69 Å². The topological polar surface area (TPSA) is 29.4 Å². The SMILES string of the molecule is O=[S@@]1c2ccccc2N=C(c2ccc(Cl)cc2)C[C@@H]1c1cccs1. The number of para-hydroxylation sites is 1. The molecule has 1 aliphatic rings. The molecule has 2 nitrogen and oxygen atoms in total. The summed E-state index contributed by atoms with van der Waals surface area (Å²) in [4.78, 5) is 6.77. The number of fused-ring (bicyclic) bond motifs is 1. The van der Waals surface area contributed by atoms with Crippen LogP contribution in [0.3, 0.4) is 0 Å². The van der Waals surface area contributed by atoms with E-state index in [4.69, 9.17) is 16.6 Å². The normalized spacial score (nSPS) is 20.1. The largest absolute Gasteiger partial charge is 0.254 e. The van der Waals surface area contributed by atoms with Crippen molar-refractivity contribution in [3.8, 4) is 0 Å². The van der Waals surface area contributed by atoms with Gasteiger partial charge in [0.2, 0.25) is 0 Å². The third kappa shape index (κ3) is 2.97. The molecule has 0 unspecified atom stereocenters. The minimum absolute atomic E-state index is 0.0805. The van der Waals surface area contributed by atoms with E-state index in [2.05, 4.69) is 6.07 Å². The van der Waals surface area contributed by atoms with Gasteiger partial charge < -0.3 is 0 Å². The van der Waals surface area contributed by atoms with Crippen molar-refractivity contribution in [1.82, 2.24) is 0 Å². The van der Waals surface area contributed by atoms with Crippen molar-refractivity contribution in [2.75, 3.05) is 0 Å². The molecular weight excluding hydrogens is 358 g/mol. The van der Waals surface area contributed by atoms with Crippen molar-refractivity contribution in [2.45, 2.75) is 16.6 Å². The van der Waals surface area contributed by atoms with Gasteiger partial charge in [0.05, 0.1) is 26.6 Å². The summed E-state index contributed by atoms with van der Waals surface area (Å²) in [6, 6.07) is 19.5. The Morgan fingerprint density at radius 2 is 1.83 bits per heavy atom. The molecule has 1 aromatic heterocycles. The minimum Gasteiger partial charge on any atom is -0.254 e. The Morgan fingerprint density at radius 1 is 1.04 bits per heavy atom. The predicted molar refractivity (Wildman–Crippen MR) is 102 cm³/mol. The van der Waals surface area contributed by atoms with Gasteiger partial charge in [-0.25, -0.2) is 0 Å². The zero-order valence-corrected chi connectivity index (χ0v) is 15.1. The summed E-state index contributed by atoms with van der Waals surface area (Å²) in [6.07, 6.45) is 0.642. The van der Waals surface area contributed by atoms with Crippen LogP contribution in [0.2, 0.25) is 5.02 Å². The number of rotatable bonds is 2. The van der Waals surface area contributed by atoms with Crippen LogP contribution in [0, 0.1) is 0 Å².